The van der Waals surface area contributed by atoms with Crippen LogP contribution in [0, 0.1) is 6.92 Å². The summed E-state index contributed by atoms with van der Waals surface area (Å²) < 4.78 is 5.15. The Bertz CT molecular complexity index is 323. The lowest BCUT2D eigenvalue weighted by Gasteiger charge is -2.13. The molecule has 0 aromatic heterocycles. The fraction of sp³-hybridized carbons (Fsp3) is 0.455. The average molecular weight is 214 g/mol. The summed E-state index contributed by atoms with van der Waals surface area (Å²) in [5.74, 6) is 0.716. The molecule has 0 aliphatic rings. The minimum atomic E-state index is 0.110. The number of aryl methyl sites for hydroxylation is 1. The molecular weight excluding hydrogens is 198 g/mol. The van der Waals surface area contributed by atoms with Crippen LogP contribution >= 0.6 is 11.6 Å². The number of ether oxygens (including phenoxy) is 1. The van der Waals surface area contributed by atoms with Crippen LogP contribution in [0.1, 0.15) is 18.1 Å². The summed E-state index contributed by atoms with van der Waals surface area (Å²) in [5.41, 5.74) is 8.00. The van der Waals surface area contributed by atoms with Gasteiger partial charge in [-0.1, -0.05) is 17.7 Å². The molecule has 2 N–H and O–H groups in total. The third-order valence-corrected chi connectivity index (χ3v) is 2.60. The molecule has 0 radical (unpaired) electrons. The zero-order chi connectivity index (χ0) is 10.7. The Hall–Kier alpha value is -0.730. The zero-order valence-corrected chi connectivity index (χ0v) is 9.56. The Balaban J connectivity index is 3.11. The SMILES string of the molecule is COc1ccc(C)c(CC(C)N)c1Cl. The number of methoxy groups -OCH3 is 1. The van der Waals surface area contributed by atoms with Gasteiger partial charge < -0.3 is 10.5 Å². The van der Waals surface area contributed by atoms with Crippen molar-refractivity contribution >= 4 is 11.6 Å². The van der Waals surface area contributed by atoms with Gasteiger partial charge in [-0.25, -0.2) is 0 Å². The smallest absolute Gasteiger partial charge is 0.137 e. The Morgan fingerprint density at radius 3 is 2.64 bits per heavy atom. The molecule has 3 heteroatoms. The van der Waals surface area contributed by atoms with Crippen LogP contribution in [0.15, 0.2) is 12.1 Å². The highest BCUT2D eigenvalue weighted by Gasteiger charge is 2.10. The van der Waals surface area contributed by atoms with Crippen molar-refractivity contribution in [3.63, 3.8) is 0 Å². The molecule has 0 amide bonds. The third-order valence-electron chi connectivity index (χ3n) is 2.19. The second kappa shape index (κ2) is 4.67. The van der Waals surface area contributed by atoms with Gasteiger partial charge in [0, 0.05) is 6.04 Å². The highest BCUT2D eigenvalue weighted by molar-refractivity contribution is 6.33. The molecule has 1 aromatic carbocycles. The lowest BCUT2D eigenvalue weighted by molar-refractivity contribution is 0.414. The van der Waals surface area contributed by atoms with Crippen LogP contribution in [0.5, 0.6) is 5.75 Å². The first-order chi connectivity index (χ1) is 6.56. The van der Waals surface area contributed by atoms with E-state index in [0.717, 1.165) is 17.5 Å². The van der Waals surface area contributed by atoms with Crippen LogP contribution in [-0.2, 0) is 6.42 Å². The summed E-state index contributed by atoms with van der Waals surface area (Å²) in [6, 6.07) is 3.99. The van der Waals surface area contributed by atoms with Gasteiger partial charge in [0.1, 0.15) is 5.75 Å². The number of benzene rings is 1. The third kappa shape index (κ3) is 2.40. The lowest BCUT2D eigenvalue weighted by atomic mass is 10.0. The Labute approximate surface area is 90.0 Å². The van der Waals surface area contributed by atoms with Crippen LogP contribution in [0.25, 0.3) is 0 Å². The molecule has 0 heterocycles. The molecular formula is C11H16ClNO. The molecule has 2 nitrogen and oxygen atoms in total. The van der Waals surface area contributed by atoms with Crippen molar-refractivity contribution in [2.24, 2.45) is 5.73 Å². The fourth-order valence-electron chi connectivity index (χ4n) is 1.43. The van der Waals surface area contributed by atoms with Crippen LogP contribution in [0.4, 0.5) is 0 Å². The van der Waals surface area contributed by atoms with Crippen molar-refractivity contribution in [1.82, 2.24) is 0 Å². The van der Waals surface area contributed by atoms with Crippen molar-refractivity contribution in [2.75, 3.05) is 7.11 Å². The molecule has 1 unspecified atom stereocenters. The van der Waals surface area contributed by atoms with Gasteiger partial charge in [0.2, 0.25) is 0 Å². The molecule has 78 valence electrons. The number of rotatable bonds is 3. The van der Waals surface area contributed by atoms with Gasteiger partial charge >= 0.3 is 0 Å². The standard InChI is InChI=1S/C11H16ClNO/c1-7-4-5-10(14-3)11(12)9(7)6-8(2)13/h4-5,8H,6,13H2,1-3H3. The monoisotopic (exact) mass is 213 g/mol. The maximum atomic E-state index is 6.18. The van der Waals surface area contributed by atoms with Crippen molar-refractivity contribution < 1.29 is 4.74 Å². The first kappa shape index (κ1) is 11.3. The minimum absolute atomic E-state index is 0.110. The highest BCUT2D eigenvalue weighted by Crippen LogP contribution is 2.30. The quantitative estimate of drug-likeness (QED) is 0.838. The molecule has 1 aromatic rings. The van der Waals surface area contributed by atoms with Crippen molar-refractivity contribution in [1.29, 1.82) is 0 Å². The second-order valence-electron chi connectivity index (χ2n) is 3.56. The fourth-order valence-corrected chi connectivity index (χ4v) is 1.79. The van der Waals surface area contributed by atoms with Gasteiger partial charge in [-0.2, -0.15) is 0 Å². The number of halogens is 1. The van der Waals surface area contributed by atoms with E-state index in [1.54, 1.807) is 7.11 Å². The molecule has 1 atom stereocenters. The molecule has 0 saturated carbocycles. The Morgan fingerprint density at radius 1 is 1.50 bits per heavy atom. The normalized spacial score (nSPS) is 12.6. The van der Waals surface area contributed by atoms with Crippen molar-refractivity contribution in [2.45, 2.75) is 26.3 Å². The number of hydrogen-bond donors (Lipinski definition) is 1. The average Bonchev–Trinajstić information content (AvgIpc) is 2.12. The molecule has 0 aliphatic heterocycles. The van der Waals surface area contributed by atoms with Crippen LogP contribution < -0.4 is 10.5 Å². The van der Waals surface area contributed by atoms with E-state index in [9.17, 15) is 0 Å². The summed E-state index contributed by atoms with van der Waals surface area (Å²) in [4.78, 5) is 0. The summed E-state index contributed by atoms with van der Waals surface area (Å²) in [7, 11) is 1.62. The van der Waals surface area contributed by atoms with Gasteiger partial charge in [0.25, 0.3) is 0 Å². The summed E-state index contributed by atoms with van der Waals surface area (Å²) >= 11 is 6.18. The van der Waals surface area contributed by atoms with E-state index in [-0.39, 0.29) is 6.04 Å². The minimum Gasteiger partial charge on any atom is -0.495 e. The van der Waals surface area contributed by atoms with E-state index in [0.29, 0.717) is 10.8 Å². The van der Waals surface area contributed by atoms with Gasteiger partial charge in [0.15, 0.2) is 0 Å². The van der Waals surface area contributed by atoms with Gasteiger partial charge in [-0.3, -0.25) is 0 Å². The molecule has 0 saturated heterocycles. The van der Waals surface area contributed by atoms with E-state index < -0.39 is 0 Å². The maximum absolute atomic E-state index is 6.18. The van der Waals surface area contributed by atoms with E-state index >= 15 is 0 Å². The van der Waals surface area contributed by atoms with E-state index in [4.69, 9.17) is 22.1 Å². The number of hydrogen-bond acceptors (Lipinski definition) is 2. The molecule has 1 rings (SSSR count). The second-order valence-corrected chi connectivity index (χ2v) is 3.94. The first-order valence-electron chi connectivity index (χ1n) is 4.63. The summed E-state index contributed by atoms with van der Waals surface area (Å²) in [6.45, 7) is 4.00. The Morgan fingerprint density at radius 2 is 2.14 bits per heavy atom. The molecule has 0 aliphatic carbocycles. The van der Waals surface area contributed by atoms with Crippen molar-refractivity contribution in [3.05, 3.63) is 28.3 Å². The zero-order valence-electron chi connectivity index (χ0n) is 8.80. The van der Waals surface area contributed by atoms with Crippen LogP contribution in [-0.4, -0.2) is 13.2 Å². The van der Waals surface area contributed by atoms with E-state index in [1.165, 1.54) is 0 Å². The molecule has 14 heavy (non-hydrogen) atoms. The molecule has 0 bridgehead atoms. The molecule has 0 fully saturated rings. The lowest BCUT2D eigenvalue weighted by Crippen LogP contribution is -2.18. The van der Waals surface area contributed by atoms with Crippen LogP contribution in [0.3, 0.4) is 0 Å². The predicted octanol–water partition coefficient (Wildman–Crippen LogP) is 2.55. The summed E-state index contributed by atoms with van der Waals surface area (Å²) in [5, 5.41) is 0.685. The largest absolute Gasteiger partial charge is 0.495 e. The van der Waals surface area contributed by atoms with Gasteiger partial charge in [-0.15, -0.1) is 0 Å². The summed E-state index contributed by atoms with van der Waals surface area (Å²) in [6.07, 6.45) is 0.780. The van der Waals surface area contributed by atoms with Gasteiger partial charge in [0.05, 0.1) is 12.1 Å². The van der Waals surface area contributed by atoms with Crippen LogP contribution in [0.2, 0.25) is 5.02 Å². The number of nitrogens with two attached hydrogens (primary N) is 1. The van der Waals surface area contributed by atoms with Gasteiger partial charge in [-0.05, 0) is 37.5 Å². The highest BCUT2D eigenvalue weighted by atomic mass is 35.5. The first-order valence-corrected chi connectivity index (χ1v) is 5.01. The van der Waals surface area contributed by atoms with E-state index in [1.807, 2.05) is 26.0 Å². The van der Waals surface area contributed by atoms with E-state index in [2.05, 4.69) is 0 Å². The Kier molecular flexibility index (Phi) is 3.78. The predicted molar refractivity (Wildman–Crippen MR) is 60.1 cm³/mol. The maximum Gasteiger partial charge on any atom is 0.137 e. The molecule has 0 spiro atoms. The van der Waals surface area contributed by atoms with Crippen molar-refractivity contribution in [3.8, 4) is 5.75 Å². The topological polar surface area (TPSA) is 35.2 Å².